The van der Waals surface area contributed by atoms with Gasteiger partial charge in [0.25, 0.3) is 0 Å². The fourth-order valence-electron chi connectivity index (χ4n) is 1.94. The van der Waals surface area contributed by atoms with Crippen molar-refractivity contribution in [3.8, 4) is 0 Å². The van der Waals surface area contributed by atoms with Crippen molar-refractivity contribution >= 4 is 47.4 Å². The molecule has 0 unspecified atom stereocenters. The van der Waals surface area contributed by atoms with Gasteiger partial charge in [-0.2, -0.15) is 0 Å². The SMILES string of the molecule is CN=C(NCC(=O)NCCOC)N(C)Cc1cc(Cl)cn1C.I. The first-order valence-electron chi connectivity index (χ1n) is 6.96. The molecule has 0 aliphatic carbocycles. The normalized spacial score (nSPS) is 10.9. The van der Waals surface area contributed by atoms with Gasteiger partial charge in [-0.05, 0) is 6.07 Å². The number of aromatic nitrogens is 1. The smallest absolute Gasteiger partial charge is 0.239 e. The topological polar surface area (TPSA) is 70.9 Å². The Labute approximate surface area is 159 Å². The van der Waals surface area contributed by atoms with Gasteiger partial charge in [0, 0.05) is 46.7 Å². The first-order valence-corrected chi connectivity index (χ1v) is 7.34. The van der Waals surface area contributed by atoms with Crippen LogP contribution in [0, 0.1) is 0 Å². The number of nitrogens with one attached hydrogen (secondary N) is 2. The second-order valence-electron chi connectivity index (χ2n) is 4.86. The fraction of sp³-hybridized carbons (Fsp3) is 0.571. The molecule has 0 saturated carbocycles. The number of guanidine groups is 1. The number of carbonyl (C=O) groups is 1. The van der Waals surface area contributed by atoms with Crippen molar-refractivity contribution in [2.24, 2.45) is 12.0 Å². The molecule has 23 heavy (non-hydrogen) atoms. The van der Waals surface area contributed by atoms with E-state index >= 15 is 0 Å². The number of carbonyl (C=O) groups excluding carboxylic acids is 1. The van der Waals surface area contributed by atoms with Crippen molar-refractivity contribution < 1.29 is 9.53 Å². The number of halogens is 2. The number of ether oxygens (including phenoxy) is 1. The van der Waals surface area contributed by atoms with Crippen LogP contribution < -0.4 is 10.6 Å². The lowest BCUT2D eigenvalue weighted by atomic mass is 10.4. The molecule has 2 N–H and O–H groups in total. The van der Waals surface area contributed by atoms with Gasteiger partial charge in [0.2, 0.25) is 5.91 Å². The number of amides is 1. The second kappa shape index (κ2) is 11.5. The Kier molecular flexibility index (Phi) is 11.0. The van der Waals surface area contributed by atoms with Crippen molar-refractivity contribution in [3.63, 3.8) is 0 Å². The third-order valence-corrected chi connectivity index (χ3v) is 3.29. The number of hydrogen-bond donors (Lipinski definition) is 2. The van der Waals surface area contributed by atoms with Gasteiger partial charge >= 0.3 is 0 Å². The zero-order chi connectivity index (χ0) is 16.5. The summed E-state index contributed by atoms with van der Waals surface area (Å²) in [6.45, 7) is 1.78. The quantitative estimate of drug-likeness (QED) is 0.278. The first-order chi connectivity index (χ1) is 10.5. The van der Waals surface area contributed by atoms with Gasteiger partial charge in [0.05, 0.1) is 24.7 Å². The highest BCUT2D eigenvalue weighted by Crippen LogP contribution is 2.14. The highest BCUT2D eigenvalue weighted by atomic mass is 127. The van der Waals surface area contributed by atoms with Crippen molar-refractivity contribution in [2.45, 2.75) is 6.54 Å². The van der Waals surface area contributed by atoms with Crippen molar-refractivity contribution in [2.75, 3.05) is 40.9 Å². The van der Waals surface area contributed by atoms with E-state index in [0.29, 0.717) is 30.7 Å². The molecule has 0 aliphatic heterocycles. The Morgan fingerprint density at radius 2 is 2.17 bits per heavy atom. The molecule has 0 spiro atoms. The largest absolute Gasteiger partial charge is 0.383 e. The third-order valence-electron chi connectivity index (χ3n) is 3.08. The predicted molar refractivity (Wildman–Crippen MR) is 104 cm³/mol. The number of hydrogen-bond acceptors (Lipinski definition) is 3. The Balaban J connectivity index is 0.00000484. The van der Waals surface area contributed by atoms with E-state index in [-0.39, 0.29) is 36.4 Å². The van der Waals surface area contributed by atoms with Crippen LogP contribution in [0.2, 0.25) is 5.02 Å². The zero-order valence-corrected chi connectivity index (χ0v) is 17.0. The van der Waals surface area contributed by atoms with E-state index in [2.05, 4.69) is 15.6 Å². The molecule has 1 heterocycles. The Morgan fingerprint density at radius 1 is 1.48 bits per heavy atom. The van der Waals surface area contributed by atoms with Gasteiger partial charge in [-0.15, -0.1) is 24.0 Å². The summed E-state index contributed by atoms with van der Waals surface area (Å²) in [5.74, 6) is 0.535. The van der Waals surface area contributed by atoms with Gasteiger partial charge in [-0.3, -0.25) is 9.79 Å². The van der Waals surface area contributed by atoms with Crippen LogP contribution in [0.5, 0.6) is 0 Å². The van der Waals surface area contributed by atoms with Crippen molar-refractivity contribution in [1.29, 1.82) is 0 Å². The molecule has 7 nitrogen and oxygen atoms in total. The average molecular weight is 458 g/mol. The Morgan fingerprint density at radius 3 is 2.70 bits per heavy atom. The molecule has 1 aromatic heterocycles. The van der Waals surface area contributed by atoms with E-state index in [1.165, 1.54) is 0 Å². The maximum Gasteiger partial charge on any atom is 0.239 e. The summed E-state index contributed by atoms with van der Waals surface area (Å²) in [6, 6.07) is 1.91. The van der Waals surface area contributed by atoms with Crippen LogP contribution in [-0.4, -0.2) is 62.2 Å². The minimum atomic E-state index is -0.103. The lowest BCUT2D eigenvalue weighted by Crippen LogP contribution is -2.44. The summed E-state index contributed by atoms with van der Waals surface area (Å²) < 4.78 is 6.84. The number of methoxy groups -OCH3 is 1. The highest BCUT2D eigenvalue weighted by Gasteiger charge is 2.10. The maximum absolute atomic E-state index is 11.7. The number of aliphatic imine (C=N–C) groups is 1. The summed E-state index contributed by atoms with van der Waals surface area (Å²) in [5.41, 5.74) is 1.06. The van der Waals surface area contributed by atoms with Crippen LogP contribution >= 0.6 is 35.6 Å². The van der Waals surface area contributed by atoms with Crippen LogP contribution in [0.1, 0.15) is 5.69 Å². The molecule has 0 atom stereocenters. The summed E-state index contributed by atoms with van der Waals surface area (Å²) in [5, 5.41) is 6.47. The van der Waals surface area contributed by atoms with E-state index in [4.69, 9.17) is 16.3 Å². The molecular formula is C14H25ClIN5O2. The van der Waals surface area contributed by atoms with E-state index in [9.17, 15) is 4.79 Å². The lowest BCUT2D eigenvalue weighted by Gasteiger charge is -2.22. The zero-order valence-electron chi connectivity index (χ0n) is 13.9. The minimum absolute atomic E-state index is 0. The summed E-state index contributed by atoms with van der Waals surface area (Å²) in [7, 11) is 7.12. The molecular weight excluding hydrogens is 433 g/mol. The molecule has 1 aromatic rings. The molecule has 0 fully saturated rings. The number of nitrogens with zero attached hydrogens (tertiary/aromatic N) is 3. The molecule has 0 bridgehead atoms. The average Bonchev–Trinajstić information content (AvgIpc) is 2.77. The van der Waals surface area contributed by atoms with Gasteiger partial charge in [-0.1, -0.05) is 11.6 Å². The van der Waals surface area contributed by atoms with Crippen molar-refractivity contribution in [1.82, 2.24) is 20.1 Å². The van der Waals surface area contributed by atoms with Gasteiger partial charge in [0.1, 0.15) is 0 Å². The van der Waals surface area contributed by atoms with Crippen LogP contribution in [0.4, 0.5) is 0 Å². The van der Waals surface area contributed by atoms with E-state index < -0.39 is 0 Å². The van der Waals surface area contributed by atoms with E-state index in [1.807, 2.05) is 35.8 Å². The molecule has 0 radical (unpaired) electrons. The van der Waals surface area contributed by atoms with E-state index in [1.54, 1.807) is 14.2 Å². The molecule has 0 aliphatic rings. The maximum atomic E-state index is 11.7. The minimum Gasteiger partial charge on any atom is -0.383 e. The summed E-state index contributed by atoms with van der Waals surface area (Å²) in [6.07, 6.45) is 1.85. The third kappa shape index (κ3) is 7.89. The molecule has 1 rings (SSSR count). The first kappa shape index (κ1) is 22.0. The summed E-state index contributed by atoms with van der Waals surface area (Å²) >= 11 is 5.98. The van der Waals surface area contributed by atoms with Gasteiger partial charge in [-0.25, -0.2) is 0 Å². The fourth-order valence-corrected chi connectivity index (χ4v) is 2.21. The predicted octanol–water partition coefficient (Wildman–Crippen LogP) is 1.07. The monoisotopic (exact) mass is 457 g/mol. The molecule has 0 aromatic carbocycles. The molecule has 1 amide bonds. The molecule has 0 saturated heterocycles. The molecule has 9 heteroatoms. The van der Waals surface area contributed by atoms with E-state index in [0.717, 1.165) is 5.69 Å². The van der Waals surface area contributed by atoms with Gasteiger partial charge < -0.3 is 24.8 Å². The lowest BCUT2D eigenvalue weighted by molar-refractivity contribution is -0.120. The van der Waals surface area contributed by atoms with Crippen molar-refractivity contribution in [3.05, 3.63) is 23.0 Å². The standard InChI is InChI=1S/C14H24ClN5O2.HI/c1-16-14(18-8-13(21)17-5-6-22-4)20(3)10-12-7-11(15)9-19(12)2;/h7,9H,5-6,8,10H2,1-4H3,(H,16,18)(H,17,21);1H. The van der Waals surface area contributed by atoms with Crippen LogP contribution in [0.15, 0.2) is 17.3 Å². The summed E-state index contributed by atoms with van der Waals surface area (Å²) in [4.78, 5) is 17.8. The highest BCUT2D eigenvalue weighted by molar-refractivity contribution is 14.0. The Bertz CT molecular complexity index is 521. The number of aryl methyl sites for hydroxylation is 1. The van der Waals surface area contributed by atoms with Gasteiger partial charge in [0.15, 0.2) is 5.96 Å². The second-order valence-corrected chi connectivity index (χ2v) is 5.30. The molecule has 132 valence electrons. The van der Waals surface area contributed by atoms with Crippen LogP contribution in [-0.2, 0) is 23.1 Å². The Hall–Kier alpha value is -1.000. The number of rotatable bonds is 7. The van der Waals surface area contributed by atoms with Crippen LogP contribution in [0.3, 0.4) is 0 Å². The van der Waals surface area contributed by atoms with Crippen LogP contribution in [0.25, 0.3) is 0 Å².